The van der Waals surface area contributed by atoms with E-state index in [-0.39, 0.29) is 22.9 Å². The fourth-order valence-electron chi connectivity index (χ4n) is 3.93. The molecule has 1 atom stereocenters. The van der Waals surface area contributed by atoms with E-state index in [0.717, 1.165) is 22.4 Å². The van der Waals surface area contributed by atoms with Crippen LogP contribution >= 0.6 is 11.8 Å². The molecule has 1 amide bonds. The SMILES string of the molecule is CCC(Sc1nc(N)c(C#N)c(-c2ccc(C(C)C)cc2)c1C#N)C(=O)Nc1cc(C)cc(C)c1. The molecule has 0 spiro atoms. The lowest BCUT2D eigenvalue weighted by Gasteiger charge is -2.18. The topological polar surface area (TPSA) is 116 Å². The summed E-state index contributed by atoms with van der Waals surface area (Å²) in [5.74, 6) is 0.213. The molecule has 7 heteroatoms. The minimum atomic E-state index is -0.501. The number of pyridine rings is 1. The zero-order valence-corrected chi connectivity index (χ0v) is 21.5. The highest BCUT2D eigenvalue weighted by molar-refractivity contribution is 8.00. The molecule has 1 heterocycles. The smallest absolute Gasteiger partial charge is 0.237 e. The Labute approximate surface area is 211 Å². The molecular formula is C28H29N5OS. The number of aryl methyl sites for hydroxylation is 2. The van der Waals surface area contributed by atoms with E-state index in [2.05, 4.69) is 36.3 Å². The third-order valence-electron chi connectivity index (χ3n) is 5.69. The molecule has 1 aromatic heterocycles. The van der Waals surface area contributed by atoms with Crippen molar-refractivity contribution in [1.82, 2.24) is 4.98 Å². The maximum absolute atomic E-state index is 13.1. The number of hydrogen-bond acceptors (Lipinski definition) is 6. The molecule has 2 aromatic carbocycles. The van der Waals surface area contributed by atoms with Gasteiger partial charge in [-0.1, -0.05) is 62.9 Å². The summed E-state index contributed by atoms with van der Waals surface area (Å²) < 4.78 is 0. The van der Waals surface area contributed by atoms with Crippen molar-refractivity contribution >= 4 is 29.2 Å². The van der Waals surface area contributed by atoms with Crippen LogP contribution < -0.4 is 11.1 Å². The molecule has 3 N–H and O–H groups in total. The Kier molecular flexibility index (Phi) is 8.17. The van der Waals surface area contributed by atoms with Crippen molar-refractivity contribution < 1.29 is 4.79 Å². The minimum Gasteiger partial charge on any atom is -0.383 e. The number of carbonyl (C=O) groups is 1. The number of nitrogen functional groups attached to an aromatic ring is 1. The zero-order chi connectivity index (χ0) is 25.7. The summed E-state index contributed by atoms with van der Waals surface area (Å²) in [7, 11) is 0. The van der Waals surface area contributed by atoms with Crippen molar-refractivity contribution in [3.63, 3.8) is 0 Å². The molecule has 0 aliphatic rings. The Morgan fingerprint density at radius 1 is 1.06 bits per heavy atom. The Morgan fingerprint density at radius 3 is 2.17 bits per heavy atom. The van der Waals surface area contributed by atoms with E-state index < -0.39 is 5.25 Å². The first-order valence-electron chi connectivity index (χ1n) is 11.5. The van der Waals surface area contributed by atoms with Crippen molar-refractivity contribution in [3.05, 3.63) is 70.3 Å². The molecule has 3 rings (SSSR count). The van der Waals surface area contributed by atoms with Gasteiger partial charge in [0.2, 0.25) is 5.91 Å². The number of rotatable bonds is 7. The van der Waals surface area contributed by atoms with Gasteiger partial charge in [-0.05, 0) is 60.6 Å². The van der Waals surface area contributed by atoms with Gasteiger partial charge in [0.05, 0.1) is 10.8 Å². The summed E-state index contributed by atoms with van der Waals surface area (Å²) in [5, 5.41) is 22.7. The Bertz CT molecular complexity index is 1310. The lowest BCUT2D eigenvalue weighted by Crippen LogP contribution is -2.25. The van der Waals surface area contributed by atoms with Crippen LogP contribution in [0.1, 0.15) is 60.9 Å². The normalized spacial score (nSPS) is 11.5. The fraction of sp³-hybridized carbons (Fsp3) is 0.286. The summed E-state index contributed by atoms with van der Waals surface area (Å²) >= 11 is 1.19. The standard InChI is InChI=1S/C28H29N5OS/c1-6-24(27(34)32-21-12-17(4)11-18(5)13-21)35-28-23(15-30)25(22(14-29)26(31)33-28)20-9-7-19(8-10-20)16(2)3/h7-13,16,24H,6H2,1-5H3,(H2,31,33)(H,32,34). The van der Waals surface area contributed by atoms with E-state index >= 15 is 0 Å². The maximum Gasteiger partial charge on any atom is 0.237 e. The van der Waals surface area contributed by atoms with E-state index in [4.69, 9.17) is 5.73 Å². The zero-order valence-electron chi connectivity index (χ0n) is 20.6. The maximum atomic E-state index is 13.1. The number of benzene rings is 2. The van der Waals surface area contributed by atoms with Crippen LogP contribution in [0.2, 0.25) is 0 Å². The van der Waals surface area contributed by atoms with Gasteiger partial charge < -0.3 is 11.1 Å². The third-order valence-corrected chi connectivity index (χ3v) is 7.04. The van der Waals surface area contributed by atoms with Crippen molar-refractivity contribution in [2.75, 3.05) is 11.1 Å². The molecule has 0 bridgehead atoms. The molecule has 1 unspecified atom stereocenters. The molecule has 0 saturated heterocycles. The van der Waals surface area contributed by atoms with Crippen LogP contribution in [0.4, 0.5) is 11.5 Å². The summed E-state index contributed by atoms with van der Waals surface area (Å²) in [6, 6.07) is 17.9. The number of nitrogens with zero attached hydrogens (tertiary/aromatic N) is 3. The van der Waals surface area contributed by atoms with Gasteiger partial charge in [0.25, 0.3) is 0 Å². The van der Waals surface area contributed by atoms with Gasteiger partial charge in [-0.3, -0.25) is 4.79 Å². The second kappa shape index (κ2) is 11.1. The van der Waals surface area contributed by atoms with Crippen LogP contribution in [0.25, 0.3) is 11.1 Å². The second-order valence-electron chi connectivity index (χ2n) is 8.81. The number of nitrogens with one attached hydrogen (secondary N) is 1. The largest absolute Gasteiger partial charge is 0.383 e. The number of amides is 1. The van der Waals surface area contributed by atoms with Gasteiger partial charge in [0.1, 0.15) is 28.5 Å². The summed E-state index contributed by atoms with van der Waals surface area (Å²) in [6.07, 6.45) is 0.520. The molecule has 0 radical (unpaired) electrons. The number of hydrogen-bond donors (Lipinski definition) is 2. The van der Waals surface area contributed by atoms with Crippen LogP contribution in [-0.2, 0) is 4.79 Å². The lowest BCUT2D eigenvalue weighted by atomic mass is 9.94. The van der Waals surface area contributed by atoms with E-state index in [1.165, 1.54) is 11.8 Å². The van der Waals surface area contributed by atoms with Gasteiger partial charge >= 0.3 is 0 Å². The Morgan fingerprint density at radius 2 is 1.66 bits per heavy atom. The first-order chi connectivity index (χ1) is 16.7. The van der Waals surface area contributed by atoms with Crippen molar-refractivity contribution in [2.45, 2.75) is 57.2 Å². The van der Waals surface area contributed by atoms with Gasteiger partial charge in [-0.2, -0.15) is 10.5 Å². The molecular weight excluding hydrogens is 454 g/mol. The number of anilines is 2. The van der Waals surface area contributed by atoms with Crippen LogP contribution in [0, 0.1) is 36.5 Å². The molecule has 0 aliphatic carbocycles. The Balaban J connectivity index is 2.01. The number of aromatic nitrogens is 1. The highest BCUT2D eigenvalue weighted by Gasteiger charge is 2.25. The van der Waals surface area contributed by atoms with E-state index in [9.17, 15) is 15.3 Å². The third kappa shape index (κ3) is 5.82. The summed E-state index contributed by atoms with van der Waals surface area (Å²) in [4.78, 5) is 17.5. The lowest BCUT2D eigenvalue weighted by molar-refractivity contribution is -0.115. The van der Waals surface area contributed by atoms with Crippen LogP contribution in [0.5, 0.6) is 0 Å². The van der Waals surface area contributed by atoms with Crippen molar-refractivity contribution in [2.24, 2.45) is 0 Å². The molecule has 178 valence electrons. The predicted molar refractivity (Wildman–Crippen MR) is 142 cm³/mol. The number of carbonyl (C=O) groups excluding carboxylic acids is 1. The highest BCUT2D eigenvalue weighted by Crippen LogP contribution is 2.38. The van der Waals surface area contributed by atoms with Gasteiger partial charge in [0, 0.05) is 11.3 Å². The molecule has 3 aromatic rings. The number of nitrogens with two attached hydrogens (primary N) is 1. The monoisotopic (exact) mass is 483 g/mol. The number of nitriles is 2. The van der Waals surface area contributed by atoms with E-state index in [1.54, 1.807) is 0 Å². The summed E-state index contributed by atoms with van der Waals surface area (Å²) in [6.45, 7) is 10.1. The number of thioether (sulfide) groups is 1. The van der Waals surface area contributed by atoms with Crippen LogP contribution in [-0.4, -0.2) is 16.1 Å². The molecule has 6 nitrogen and oxygen atoms in total. The first-order valence-corrected chi connectivity index (χ1v) is 12.4. The highest BCUT2D eigenvalue weighted by atomic mass is 32.2. The molecule has 0 saturated carbocycles. The van der Waals surface area contributed by atoms with Crippen LogP contribution in [0.15, 0.2) is 47.5 Å². The summed E-state index contributed by atoms with van der Waals surface area (Å²) in [5.41, 5.74) is 11.7. The van der Waals surface area contributed by atoms with Gasteiger partial charge in [-0.25, -0.2) is 4.98 Å². The molecule has 0 aliphatic heterocycles. The van der Waals surface area contributed by atoms with Crippen LogP contribution in [0.3, 0.4) is 0 Å². The van der Waals surface area contributed by atoms with E-state index in [0.29, 0.717) is 28.5 Å². The predicted octanol–water partition coefficient (Wildman–Crippen LogP) is 6.32. The fourth-order valence-corrected chi connectivity index (χ4v) is 4.95. The Hall–Kier alpha value is -3.81. The van der Waals surface area contributed by atoms with E-state index in [1.807, 2.05) is 63.2 Å². The first kappa shape index (κ1) is 25.8. The average Bonchev–Trinajstić information content (AvgIpc) is 2.81. The average molecular weight is 484 g/mol. The van der Waals surface area contributed by atoms with Gasteiger partial charge in [-0.15, -0.1) is 0 Å². The van der Waals surface area contributed by atoms with Crippen molar-refractivity contribution in [1.29, 1.82) is 10.5 Å². The van der Waals surface area contributed by atoms with Gasteiger partial charge in [0.15, 0.2) is 0 Å². The molecule has 35 heavy (non-hydrogen) atoms. The minimum absolute atomic E-state index is 0.0431. The quantitative estimate of drug-likeness (QED) is 0.380. The van der Waals surface area contributed by atoms with Crippen molar-refractivity contribution in [3.8, 4) is 23.3 Å². The molecule has 0 fully saturated rings. The second-order valence-corrected chi connectivity index (χ2v) is 10.00.